The Labute approximate surface area is 123 Å². The van der Waals surface area contributed by atoms with Crippen molar-refractivity contribution in [2.24, 2.45) is 0 Å². The largest absolute Gasteiger partial charge is 0.376 e. The van der Waals surface area contributed by atoms with Crippen molar-refractivity contribution in [2.45, 2.75) is 25.9 Å². The van der Waals surface area contributed by atoms with Crippen molar-refractivity contribution in [2.75, 3.05) is 18.5 Å². The maximum absolute atomic E-state index is 11.9. The van der Waals surface area contributed by atoms with Gasteiger partial charge in [-0.25, -0.2) is 4.98 Å². The van der Waals surface area contributed by atoms with Crippen LogP contribution in [0.5, 0.6) is 0 Å². The highest BCUT2D eigenvalue weighted by molar-refractivity contribution is 5.97. The van der Waals surface area contributed by atoms with Crippen molar-refractivity contribution in [3.8, 4) is 6.07 Å². The van der Waals surface area contributed by atoms with E-state index in [1.54, 1.807) is 12.3 Å². The van der Waals surface area contributed by atoms with Crippen LogP contribution in [0.2, 0.25) is 0 Å². The molecule has 2 N–H and O–H groups in total. The van der Waals surface area contributed by atoms with Crippen molar-refractivity contribution in [1.29, 1.82) is 5.26 Å². The molecule has 110 valence electrons. The molecule has 0 radical (unpaired) electrons. The molecule has 6 nitrogen and oxygen atoms in total. The number of carbonyl (C=O) groups excluding carboxylic acids is 1. The molecule has 1 aliphatic rings. The molecule has 2 heterocycles. The zero-order chi connectivity index (χ0) is 15.1. The van der Waals surface area contributed by atoms with Crippen LogP contribution in [0.4, 0.5) is 5.82 Å². The van der Waals surface area contributed by atoms with Gasteiger partial charge in [0, 0.05) is 25.5 Å². The number of carbonyl (C=O) groups is 1. The Hall–Kier alpha value is -2.39. The maximum Gasteiger partial charge on any atom is 0.263 e. The Bertz CT molecular complexity index is 554. The van der Waals surface area contributed by atoms with E-state index in [1.807, 2.05) is 19.1 Å². The maximum atomic E-state index is 11.9. The van der Waals surface area contributed by atoms with E-state index in [-0.39, 0.29) is 11.7 Å². The summed E-state index contributed by atoms with van der Waals surface area (Å²) in [6, 6.07) is 5.56. The van der Waals surface area contributed by atoms with Gasteiger partial charge in [-0.3, -0.25) is 4.79 Å². The summed E-state index contributed by atoms with van der Waals surface area (Å²) in [4.78, 5) is 16.0. The van der Waals surface area contributed by atoms with E-state index in [0.29, 0.717) is 12.4 Å². The molecule has 0 spiro atoms. The number of hydrogen-bond donors (Lipinski definition) is 2. The third kappa shape index (κ3) is 4.58. The Morgan fingerprint density at radius 3 is 3.10 bits per heavy atom. The van der Waals surface area contributed by atoms with Crippen molar-refractivity contribution in [3.63, 3.8) is 0 Å². The molecule has 1 saturated heterocycles. The minimum absolute atomic E-state index is 0.00960. The number of aryl methyl sites for hydroxylation is 1. The second-order valence-electron chi connectivity index (χ2n) is 4.88. The van der Waals surface area contributed by atoms with Crippen LogP contribution in [-0.4, -0.2) is 30.1 Å². The Kier molecular flexibility index (Phi) is 5.29. The van der Waals surface area contributed by atoms with Crippen LogP contribution in [0.25, 0.3) is 0 Å². The first kappa shape index (κ1) is 15.0. The van der Waals surface area contributed by atoms with Crippen LogP contribution < -0.4 is 10.6 Å². The molecule has 0 bridgehead atoms. The molecule has 1 atom stereocenters. The van der Waals surface area contributed by atoms with Gasteiger partial charge in [0.25, 0.3) is 5.91 Å². The fraction of sp³-hybridized carbons (Fsp3) is 0.400. The minimum Gasteiger partial charge on any atom is -0.376 e. The third-order valence-corrected chi connectivity index (χ3v) is 3.16. The van der Waals surface area contributed by atoms with Gasteiger partial charge in [0.15, 0.2) is 0 Å². The molecule has 2 rings (SSSR count). The molecule has 0 aliphatic carbocycles. The smallest absolute Gasteiger partial charge is 0.263 e. The normalized spacial score (nSPS) is 18.1. The van der Waals surface area contributed by atoms with Crippen molar-refractivity contribution in [3.05, 3.63) is 35.7 Å². The van der Waals surface area contributed by atoms with E-state index in [4.69, 9.17) is 10.00 Å². The van der Waals surface area contributed by atoms with Gasteiger partial charge in [0.1, 0.15) is 17.5 Å². The number of nitrogens with zero attached hydrogens (tertiary/aromatic N) is 2. The van der Waals surface area contributed by atoms with Crippen LogP contribution in [0.15, 0.2) is 30.1 Å². The van der Waals surface area contributed by atoms with Crippen LogP contribution in [0.3, 0.4) is 0 Å². The fourth-order valence-electron chi connectivity index (χ4n) is 1.95. The van der Waals surface area contributed by atoms with Gasteiger partial charge in [-0.1, -0.05) is 6.07 Å². The minimum atomic E-state index is -0.410. The molecule has 1 unspecified atom stereocenters. The zero-order valence-corrected chi connectivity index (χ0v) is 11.9. The van der Waals surface area contributed by atoms with E-state index < -0.39 is 5.91 Å². The van der Waals surface area contributed by atoms with Crippen molar-refractivity contribution >= 4 is 11.7 Å². The summed E-state index contributed by atoms with van der Waals surface area (Å²) < 4.78 is 5.41. The van der Waals surface area contributed by atoms with Gasteiger partial charge < -0.3 is 15.4 Å². The lowest BCUT2D eigenvalue weighted by Crippen LogP contribution is -2.32. The highest BCUT2D eigenvalue weighted by Crippen LogP contribution is 2.11. The first-order valence-corrected chi connectivity index (χ1v) is 6.88. The van der Waals surface area contributed by atoms with Crippen LogP contribution >= 0.6 is 0 Å². The molecular weight excluding hydrogens is 268 g/mol. The molecule has 0 aromatic carbocycles. The van der Waals surface area contributed by atoms with Gasteiger partial charge in [-0.2, -0.15) is 5.26 Å². The molecule has 1 fully saturated rings. The Balaban J connectivity index is 1.88. The summed E-state index contributed by atoms with van der Waals surface area (Å²) >= 11 is 0. The molecular formula is C15H18N4O2. The van der Waals surface area contributed by atoms with E-state index >= 15 is 0 Å². The number of amides is 1. The van der Waals surface area contributed by atoms with Crippen LogP contribution in [0, 0.1) is 18.3 Å². The van der Waals surface area contributed by atoms with E-state index in [1.165, 1.54) is 6.20 Å². The number of hydrogen-bond acceptors (Lipinski definition) is 5. The monoisotopic (exact) mass is 286 g/mol. The lowest BCUT2D eigenvalue weighted by atomic mass is 10.2. The number of rotatable bonds is 5. The van der Waals surface area contributed by atoms with E-state index in [0.717, 1.165) is 25.0 Å². The summed E-state index contributed by atoms with van der Waals surface area (Å²) in [7, 11) is 0. The van der Waals surface area contributed by atoms with Gasteiger partial charge in [0.05, 0.1) is 6.10 Å². The highest BCUT2D eigenvalue weighted by Gasteiger charge is 2.17. The van der Waals surface area contributed by atoms with Gasteiger partial charge in [-0.15, -0.1) is 0 Å². The van der Waals surface area contributed by atoms with Crippen molar-refractivity contribution < 1.29 is 9.53 Å². The number of nitrogens with one attached hydrogen (secondary N) is 2. The lowest BCUT2D eigenvalue weighted by molar-refractivity contribution is -0.117. The number of ether oxygens (including phenoxy) is 1. The zero-order valence-electron chi connectivity index (χ0n) is 11.9. The highest BCUT2D eigenvalue weighted by atomic mass is 16.5. The first-order chi connectivity index (χ1) is 10.2. The SMILES string of the molecule is Cc1ccc(N/C=C(/C#N)C(=O)NCC2CCCO2)nc1. The predicted octanol–water partition coefficient (Wildman–Crippen LogP) is 1.50. The van der Waals surface area contributed by atoms with E-state index in [9.17, 15) is 4.79 Å². The average Bonchev–Trinajstić information content (AvgIpc) is 3.01. The van der Waals surface area contributed by atoms with Gasteiger partial charge >= 0.3 is 0 Å². The summed E-state index contributed by atoms with van der Waals surface area (Å²) in [5.74, 6) is 0.174. The first-order valence-electron chi connectivity index (χ1n) is 6.88. The Morgan fingerprint density at radius 2 is 2.48 bits per heavy atom. The molecule has 0 saturated carbocycles. The summed E-state index contributed by atoms with van der Waals surface area (Å²) in [6.45, 7) is 3.11. The van der Waals surface area contributed by atoms with Gasteiger partial charge in [-0.05, 0) is 31.4 Å². The molecule has 21 heavy (non-hydrogen) atoms. The molecule has 6 heteroatoms. The summed E-state index contributed by atoms with van der Waals surface area (Å²) in [6.07, 6.45) is 5.09. The second kappa shape index (κ2) is 7.41. The average molecular weight is 286 g/mol. The summed E-state index contributed by atoms with van der Waals surface area (Å²) in [5, 5.41) is 14.6. The molecule has 1 aromatic heterocycles. The topological polar surface area (TPSA) is 87.0 Å². The number of anilines is 1. The fourth-order valence-corrected chi connectivity index (χ4v) is 1.95. The molecule has 1 aliphatic heterocycles. The van der Waals surface area contributed by atoms with Crippen LogP contribution in [-0.2, 0) is 9.53 Å². The predicted molar refractivity (Wildman–Crippen MR) is 78.3 cm³/mol. The lowest BCUT2D eigenvalue weighted by Gasteiger charge is -2.10. The molecule has 1 aromatic rings. The number of pyridine rings is 1. The second-order valence-corrected chi connectivity index (χ2v) is 4.88. The third-order valence-electron chi connectivity index (χ3n) is 3.16. The molecule has 1 amide bonds. The summed E-state index contributed by atoms with van der Waals surface area (Å²) in [5.41, 5.74) is 1.05. The van der Waals surface area contributed by atoms with Gasteiger partial charge in [0.2, 0.25) is 0 Å². The number of aromatic nitrogens is 1. The standard InChI is InChI=1S/C15H18N4O2/c1-11-4-5-14(17-8-11)18-9-12(7-16)15(20)19-10-13-3-2-6-21-13/h4-5,8-9,13H,2-3,6,10H2,1H3,(H,17,18)(H,19,20)/b12-9-. The van der Waals surface area contributed by atoms with Crippen LogP contribution in [0.1, 0.15) is 18.4 Å². The van der Waals surface area contributed by atoms with E-state index in [2.05, 4.69) is 15.6 Å². The van der Waals surface area contributed by atoms with Crippen molar-refractivity contribution in [1.82, 2.24) is 10.3 Å². The quantitative estimate of drug-likeness (QED) is 0.633. The Morgan fingerprint density at radius 1 is 1.62 bits per heavy atom. The number of nitriles is 1.